The monoisotopic (exact) mass is 184 g/mol. The molecule has 12 heavy (non-hydrogen) atoms. The number of aliphatic hydroxyl groups is 1. The maximum Gasteiger partial charge on any atom is 0.330 e. The van der Waals surface area contributed by atoms with Crippen molar-refractivity contribution in [3.8, 4) is 0 Å². The first-order chi connectivity index (χ1) is 5.81. The van der Waals surface area contributed by atoms with Crippen molar-refractivity contribution in [2.75, 3.05) is 6.61 Å². The Bertz CT molecular complexity index is 439. The molecule has 2 aromatic heterocycles. The molecule has 2 aromatic rings. The maximum atomic E-state index is 11.0. The van der Waals surface area contributed by atoms with E-state index < -0.39 is 0 Å². The lowest BCUT2D eigenvalue weighted by Gasteiger charge is -1.85. The standard InChI is InChI=1S/C7H8N2O2S/c10-2-1-5-4-9-6(12-5)3-8-7(9)11/h3-4,10H,1-2H2,(H,8,11). The highest BCUT2D eigenvalue weighted by atomic mass is 32.1. The van der Waals surface area contributed by atoms with Gasteiger partial charge in [0.25, 0.3) is 0 Å². The molecule has 0 bridgehead atoms. The fraction of sp³-hybridized carbons (Fsp3) is 0.286. The van der Waals surface area contributed by atoms with Crippen molar-refractivity contribution in [3.05, 3.63) is 27.8 Å². The number of fused-ring (bicyclic) bond motifs is 1. The van der Waals surface area contributed by atoms with Gasteiger partial charge in [0.1, 0.15) is 4.83 Å². The zero-order chi connectivity index (χ0) is 8.55. The molecule has 0 atom stereocenters. The van der Waals surface area contributed by atoms with Crippen LogP contribution in [0.5, 0.6) is 0 Å². The van der Waals surface area contributed by atoms with Crippen LogP contribution in [0.15, 0.2) is 17.2 Å². The highest BCUT2D eigenvalue weighted by Gasteiger charge is 2.02. The Kier molecular flexibility index (Phi) is 1.74. The molecule has 0 fully saturated rings. The van der Waals surface area contributed by atoms with Crippen LogP contribution in [-0.2, 0) is 6.42 Å². The summed E-state index contributed by atoms with van der Waals surface area (Å²) in [5.74, 6) is 0. The number of hydrogen-bond donors (Lipinski definition) is 2. The SMILES string of the molecule is O=c1[nH]cc2sc(CCO)cn12. The van der Waals surface area contributed by atoms with Gasteiger partial charge >= 0.3 is 5.69 Å². The first kappa shape index (κ1) is 7.57. The second kappa shape index (κ2) is 2.76. The molecule has 0 saturated heterocycles. The normalized spacial score (nSPS) is 11.1. The van der Waals surface area contributed by atoms with E-state index >= 15 is 0 Å². The van der Waals surface area contributed by atoms with Crippen molar-refractivity contribution >= 4 is 16.2 Å². The predicted molar refractivity (Wildman–Crippen MR) is 46.7 cm³/mol. The molecule has 0 aliphatic carbocycles. The summed E-state index contributed by atoms with van der Waals surface area (Å²) in [7, 11) is 0. The van der Waals surface area contributed by atoms with Gasteiger partial charge in [0.05, 0.1) is 0 Å². The molecule has 5 heteroatoms. The van der Waals surface area contributed by atoms with Crippen LogP contribution in [-0.4, -0.2) is 21.1 Å². The summed E-state index contributed by atoms with van der Waals surface area (Å²) < 4.78 is 1.55. The topological polar surface area (TPSA) is 57.5 Å². The first-order valence-electron chi connectivity index (χ1n) is 3.60. The summed E-state index contributed by atoms with van der Waals surface area (Å²) in [5, 5.41) is 8.66. The van der Waals surface area contributed by atoms with Gasteiger partial charge in [-0.05, 0) is 0 Å². The molecule has 2 N–H and O–H groups in total. The molecule has 0 aromatic carbocycles. The number of nitrogens with one attached hydrogen (secondary N) is 1. The Morgan fingerprint density at radius 2 is 2.50 bits per heavy atom. The smallest absolute Gasteiger partial charge is 0.330 e. The summed E-state index contributed by atoms with van der Waals surface area (Å²) in [4.78, 5) is 15.5. The first-order valence-corrected chi connectivity index (χ1v) is 4.42. The third-order valence-electron chi connectivity index (χ3n) is 1.64. The molecule has 4 nitrogen and oxygen atoms in total. The minimum Gasteiger partial charge on any atom is -0.396 e. The number of rotatable bonds is 2. The van der Waals surface area contributed by atoms with Gasteiger partial charge < -0.3 is 10.1 Å². The molecule has 0 unspecified atom stereocenters. The number of aliphatic hydroxyl groups excluding tert-OH is 1. The van der Waals surface area contributed by atoms with Gasteiger partial charge in [0, 0.05) is 30.3 Å². The third-order valence-corrected chi connectivity index (χ3v) is 2.74. The fourth-order valence-electron chi connectivity index (χ4n) is 1.09. The predicted octanol–water partition coefficient (Wildman–Crippen LogP) is 0.224. The number of imidazole rings is 1. The van der Waals surface area contributed by atoms with Gasteiger partial charge in [-0.2, -0.15) is 0 Å². The molecule has 0 aliphatic heterocycles. The van der Waals surface area contributed by atoms with Gasteiger partial charge in [-0.25, -0.2) is 4.79 Å². The van der Waals surface area contributed by atoms with Gasteiger partial charge in [0.2, 0.25) is 0 Å². The Balaban J connectivity index is 2.55. The number of thiazole rings is 1. The fourth-order valence-corrected chi connectivity index (χ4v) is 2.07. The Morgan fingerprint density at radius 1 is 1.67 bits per heavy atom. The minimum absolute atomic E-state index is 0.120. The van der Waals surface area contributed by atoms with Crippen molar-refractivity contribution in [2.24, 2.45) is 0 Å². The molecule has 64 valence electrons. The Labute approximate surface area is 72.1 Å². The van der Waals surface area contributed by atoms with E-state index in [0.29, 0.717) is 6.42 Å². The van der Waals surface area contributed by atoms with Crippen LogP contribution >= 0.6 is 11.3 Å². The van der Waals surface area contributed by atoms with Crippen molar-refractivity contribution in [2.45, 2.75) is 6.42 Å². The summed E-state index contributed by atoms with van der Waals surface area (Å²) in [6, 6.07) is 0. The Morgan fingerprint density at radius 3 is 3.17 bits per heavy atom. The lowest BCUT2D eigenvalue weighted by Crippen LogP contribution is -2.06. The highest BCUT2D eigenvalue weighted by molar-refractivity contribution is 7.17. The van der Waals surface area contributed by atoms with Crippen LogP contribution in [0, 0.1) is 0 Å². The van der Waals surface area contributed by atoms with Crippen LogP contribution in [0.1, 0.15) is 4.88 Å². The summed E-state index contributed by atoms with van der Waals surface area (Å²) in [6.07, 6.45) is 4.05. The van der Waals surface area contributed by atoms with Crippen molar-refractivity contribution in [3.63, 3.8) is 0 Å². The van der Waals surface area contributed by atoms with Crippen molar-refractivity contribution in [1.82, 2.24) is 9.38 Å². The quantitative estimate of drug-likeness (QED) is 0.701. The third kappa shape index (κ3) is 1.07. The zero-order valence-corrected chi connectivity index (χ0v) is 7.10. The van der Waals surface area contributed by atoms with E-state index in [1.807, 2.05) is 0 Å². The number of H-pyrrole nitrogens is 1. The Hall–Kier alpha value is -1.07. The largest absolute Gasteiger partial charge is 0.396 e. The number of aromatic amines is 1. The van der Waals surface area contributed by atoms with E-state index in [2.05, 4.69) is 4.98 Å². The number of aromatic nitrogens is 2. The second-order valence-corrected chi connectivity index (χ2v) is 3.62. The van der Waals surface area contributed by atoms with E-state index in [4.69, 9.17) is 5.11 Å². The van der Waals surface area contributed by atoms with Crippen LogP contribution in [0.25, 0.3) is 4.83 Å². The van der Waals surface area contributed by atoms with Crippen molar-refractivity contribution < 1.29 is 5.11 Å². The van der Waals surface area contributed by atoms with Crippen LogP contribution in [0.4, 0.5) is 0 Å². The van der Waals surface area contributed by atoms with E-state index in [1.165, 1.54) is 11.3 Å². The van der Waals surface area contributed by atoms with Crippen LogP contribution in [0.3, 0.4) is 0 Å². The molecule has 2 heterocycles. The van der Waals surface area contributed by atoms with Crippen LogP contribution in [0.2, 0.25) is 0 Å². The summed E-state index contributed by atoms with van der Waals surface area (Å²) >= 11 is 1.51. The van der Waals surface area contributed by atoms with Crippen LogP contribution < -0.4 is 5.69 Å². The van der Waals surface area contributed by atoms with E-state index in [0.717, 1.165) is 9.71 Å². The molecular weight excluding hydrogens is 176 g/mol. The van der Waals surface area contributed by atoms with E-state index in [9.17, 15) is 4.79 Å². The maximum absolute atomic E-state index is 11.0. The lowest BCUT2D eigenvalue weighted by atomic mass is 10.4. The minimum atomic E-state index is -0.120. The molecule has 0 spiro atoms. The second-order valence-electron chi connectivity index (χ2n) is 2.47. The van der Waals surface area contributed by atoms with Gasteiger partial charge in [-0.1, -0.05) is 0 Å². The van der Waals surface area contributed by atoms with Gasteiger partial charge in [-0.15, -0.1) is 11.3 Å². The number of nitrogens with zero attached hydrogens (tertiary/aromatic N) is 1. The molecule has 0 radical (unpaired) electrons. The summed E-state index contributed by atoms with van der Waals surface area (Å²) in [5.41, 5.74) is -0.120. The molecule has 0 saturated carbocycles. The van der Waals surface area contributed by atoms with E-state index in [1.54, 1.807) is 16.8 Å². The summed E-state index contributed by atoms with van der Waals surface area (Å²) in [6.45, 7) is 0.127. The molecule has 0 amide bonds. The molecule has 0 aliphatic rings. The zero-order valence-electron chi connectivity index (χ0n) is 6.28. The molecule has 2 rings (SSSR count). The van der Waals surface area contributed by atoms with Gasteiger partial charge in [0.15, 0.2) is 0 Å². The lowest BCUT2D eigenvalue weighted by molar-refractivity contribution is 0.300. The average Bonchev–Trinajstić information content (AvgIpc) is 2.55. The molecular formula is C7H8N2O2S. The number of hydrogen-bond acceptors (Lipinski definition) is 3. The average molecular weight is 184 g/mol. The van der Waals surface area contributed by atoms with Gasteiger partial charge in [-0.3, -0.25) is 4.40 Å². The highest BCUT2D eigenvalue weighted by Crippen LogP contribution is 2.15. The van der Waals surface area contributed by atoms with E-state index in [-0.39, 0.29) is 12.3 Å². The van der Waals surface area contributed by atoms with Crippen molar-refractivity contribution in [1.29, 1.82) is 0 Å².